The van der Waals surface area contributed by atoms with Crippen LogP contribution in [0.15, 0.2) is 30.4 Å². The fourth-order valence-electron chi connectivity index (χ4n) is 4.29. The molecule has 1 aromatic carbocycles. The molecule has 0 aromatic heterocycles. The SMILES string of the molecule is C=C(COC1OC(COC2OCC(O)(CO)C2O)C(O)C(O)C1O)C1Cc2cc(C(C)=O)ccc2O1. The van der Waals surface area contributed by atoms with Crippen LogP contribution in [-0.4, -0.2) is 118 Å². The molecule has 200 valence electrons. The van der Waals surface area contributed by atoms with E-state index >= 15 is 0 Å². The van der Waals surface area contributed by atoms with E-state index in [2.05, 4.69) is 6.58 Å². The summed E-state index contributed by atoms with van der Waals surface area (Å²) in [4.78, 5) is 11.6. The Morgan fingerprint density at radius 2 is 1.89 bits per heavy atom. The number of hydrogen-bond acceptors (Lipinski definition) is 12. The van der Waals surface area contributed by atoms with E-state index in [1.54, 1.807) is 18.2 Å². The molecule has 12 nitrogen and oxygen atoms in total. The van der Waals surface area contributed by atoms with Crippen molar-refractivity contribution in [3.8, 4) is 5.75 Å². The lowest BCUT2D eigenvalue weighted by molar-refractivity contribution is -0.308. The lowest BCUT2D eigenvalue weighted by Crippen LogP contribution is -2.59. The minimum Gasteiger partial charge on any atom is -0.485 e. The second-order valence-corrected chi connectivity index (χ2v) is 9.39. The Kier molecular flexibility index (Phi) is 8.12. The molecule has 4 rings (SSSR count). The largest absolute Gasteiger partial charge is 0.485 e. The van der Waals surface area contributed by atoms with Crippen LogP contribution in [0.3, 0.4) is 0 Å². The van der Waals surface area contributed by atoms with Crippen molar-refractivity contribution in [1.82, 2.24) is 0 Å². The molecule has 12 heteroatoms. The third kappa shape index (κ3) is 5.34. The van der Waals surface area contributed by atoms with E-state index in [9.17, 15) is 35.4 Å². The molecular formula is C24H32O12. The Morgan fingerprint density at radius 1 is 1.14 bits per heavy atom. The fraction of sp³-hybridized carbons (Fsp3) is 0.625. The van der Waals surface area contributed by atoms with Gasteiger partial charge in [0.25, 0.3) is 0 Å². The summed E-state index contributed by atoms with van der Waals surface area (Å²) in [6.07, 6.45) is -10.0. The van der Waals surface area contributed by atoms with Crippen LogP contribution in [0.2, 0.25) is 0 Å². The molecule has 3 aliphatic rings. The molecule has 2 saturated heterocycles. The van der Waals surface area contributed by atoms with E-state index in [0.717, 1.165) is 5.56 Å². The number of ketones is 1. The molecule has 1 aromatic rings. The summed E-state index contributed by atoms with van der Waals surface area (Å²) >= 11 is 0. The minimum absolute atomic E-state index is 0.0517. The topological polar surface area (TPSA) is 185 Å². The lowest BCUT2D eigenvalue weighted by Gasteiger charge is -2.40. The Labute approximate surface area is 207 Å². The number of aliphatic hydroxyl groups excluding tert-OH is 5. The number of Topliss-reactive ketones (excluding diaryl/α,β-unsaturated/α-hetero) is 1. The van der Waals surface area contributed by atoms with Crippen LogP contribution < -0.4 is 4.74 Å². The average Bonchev–Trinajstić information content (AvgIpc) is 3.42. The van der Waals surface area contributed by atoms with E-state index in [1.807, 2.05) is 0 Å². The van der Waals surface area contributed by atoms with E-state index in [-0.39, 0.29) is 25.6 Å². The monoisotopic (exact) mass is 512 g/mol. The first-order chi connectivity index (χ1) is 17.0. The molecule has 0 amide bonds. The molecule has 9 unspecified atom stereocenters. The van der Waals surface area contributed by atoms with E-state index in [4.69, 9.17) is 23.7 Å². The van der Waals surface area contributed by atoms with Crippen LogP contribution in [-0.2, 0) is 25.4 Å². The van der Waals surface area contributed by atoms with Gasteiger partial charge in [0.2, 0.25) is 0 Å². The molecule has 0 spiro atoms. The number of aliphatic hydroxyl groups is 6. The van der Waals surface area contributed by atoms with Gasteiger partial charge in [-0.05, 0) is 36.3 Å². The van der Waals surface area contributed by atoms with Gasteiger partial charge < -0.3 is 54.3 Å². The zero-order chi connectivity index (χ0) is 26.2. The normalized spacial score (nSPS) is 38.0. The summed E-state index contributed by atoms with van der Waals surface area (Å²) in [5.41, 5.74) is 0.0955. The Hall–Kier alpha value is -1.97. The number of carbonyl (C=O) groups is 1. The first-order valence-corrected chi connectivity index (χ1v) is 11.6. The van der Waals surface area contributed by atoms with Crippen LogP contribution >= 0.6 is 0 Å². The molecule has 0 saturated carbocycles. The lowest BCUT2D eigenvalue weighted by atomic mass is 9.99. The van der Waals surface area contributed by atoms with Crippen LogP contribution in [0, 0.1) is 0 Å². The highest BCUT2D eigenvalue weighted by Crippen LogP contribution is 2.33. The summed E-state index contributed by atoms with van der Waals surface area (Å²) in [7, 11) is 0. The molecule has 9 atom stereocenters. The molecule has 36 heavy (non-hydrogen) atoms. The van der Waals surface area contributed by atoms with Gasteiger partial charge in [-0.1, -0.05) is 6.58 Å². The Bertz CT molecular complexity index is 968. The zero-order valence-electron chi connectivity index (χ0n) is 19.7. The highest BCUT2D eigenvalue weighted by molar-refractivity contribution is 5.94. The van der Waals surface area contributed by atoms with Crippen molar-refractivity contribution in [3.63, 3.8) is 0 Å². The molecule has 3 aliphatic heterocycles. The van der Waals surface area contributed by atoms with Crippen molar-refractivity contribution in [2.24, 2.45) is 0 Å². The van der Waals surface area contributed by atoms with Gasteiger partial charge >= 0.3 is 0 Å². The number of carbonyl (C=O) groups excluding carboxylic acids is 1. The molecule has 6 N–H and O–H groups in total. The van der Waals surface area contributed by atoms with Crippen LogP contribution in [0.1, 0.15) is 22.8 Å². The second kappa shape index (κ2) is 10.8. The first-order valence-electron chi connectivity index (χ1n) is 11.6. The van der Waals surface area contributed by atoms with Crippen molar-refractivity contribution >= 4 is 5.78 Å². The first kappa shape index (κ1) is 27.1. The number of benzene rings is 1. The van der Waals surface area contributed by atoms with Gasteiger partial charge in [-0.25, -0.2) is 0 Å². The van der Waals surface area contributed by atoms with Crippen LogP contribution in [0.5, 0.6) is 5.75 Å². The summed E-state index contributed by atoms with van der Waals surface area (Å²) in [5.74, 6) is 0.587. The molecular weight excluding hydrogens is 480 g/mol. The van der Waals surface area contributed by atoms with Gasteiger partial charge in [0.15, 0.2) is 18.4 Å². The van der Waals surface area contributed by atoms with Crippen LogP contribution in [0.25, 0.3) is 0 Å². The maximum atomic E-state index is 11.6. The number of fused-ring (bicyclic) bond motifs is 1. The number of rotatable bonds is 9. The Balaban J connectivity index is 1.31. The predicted molar refractivity (Wildman–Crippen MR) is 120 cm³/mol. The molecule has 0 bridgehead atoms. The third-order valence-electron chi connectivity index (χ3n) is 6.70. The molecule has 2 fully saturated rings. The number of hydrogen-bond donors (Lipinski definition) is 6. The van der Waals surface area contributed by atoms with Crippen molar-refractivity contribution in [1.29, 1.82) is 0 Å². The van der Waals surface area contributed by atoms with Crippen molar-refractivity contribution in [3.05, 3.63) is 41.5 Å². The number of ether oxygens (including phenoxy) is 5. The van der Waals surface area contributed by atoms with Gasteiger partial charge in [-0.3, -0.25) is 4.79 Å². The van der Waals surface area contributed by atoms with E-state index in [0.29, 0.717) is 23.3 Å². The van der Waals surface area contributed by atoms with Crippen LogP contribution in [0.4, 0.5) is 0 Å². The smallest absolute Gasteiger partial charge is 0.187 e. The van der Waals surface area contributed by atoms with Gasteiger partial charge in [0.05, 0.1) is 26.4 Å². The average molecular weight is 513 g/mol. The fourth-order valence-corrected chi connectivity index (χ4v) is 4.29. The maximum Gasteiger partial charge on any atom is 0.187 e. The highest BCUT2D eigenvalue weighted by Gasteiger charge is 2.50. The molecule has 0 radical (unpaired) electrons. The highest BCUT2D eigenvalue weighted by atomic mass is 16.7. The van der Waals surface area contributed by atoms with Crippen molar-refractivity contribution in [2.75, 3.05) is 26.4 Å². The minimum atomic E-state index is -1.88. The standard InChI is InChI=1S/C24H32O12/c1-11(16-6-14-5-13(12(2)26)3-4-15(14)35-16)7-32-22-20(29)19(28)18(27)17(36-22)8-33-23-21(30)24(31,9-25)10-34-23/h3-5,16-23,25,27-31H,1,6-10H2,2H3. The molecule has 3 heterocycles. The van der Waals surface area contributed by atoms with Crippen molar-refractivity contribution < 1.29 is 59.1 Å². The summed E-state index contributed by atoms with van der Waals surface area (Å²) in [5, 5.41) is 60.3. The van der Waals surface area contributed by atoms with Gasteiger partial charge in [0, 0.05) is 12.0 Å². The third-order valence-corrected chi connectivity index (χ3v) is 6.70. The summed E-state index contributed by atoms with van der Waals surface area (Å²) in [6, 6.07) is 5.18. The van der Waals surface area contributed by atoms with E-state index in [1.165, 1.54) is 6.92 Å². The van der Waals surface area contributed by atoms with Gasteiger partial charge in [-0.15, -0.1) is 0 Å². The maximum absolute atomic E-state index is 11.6. The second-order valence-electron chi connectivity index (χ2n) is 9.39. The van der Waals surface area contributed by atoms with Gasteiger partial charge in [-0.2, -0.15) is 0 Å². The summed E-state index contributed by atoms with van der Waals surface area (Å²) in [6.45, 7) is 3.89. The quantitative estimate of drug-likeness (QED) is 0.159. The van der Waals surface area contributed by atoms with Gasteiger partial charge in [0.1, 0.15) is 48.0 Å². The predicted octanol–water partition coefficient (Wildman–Crippen LogP) is -1.97. The Morgan fingerprint density at radius 3 is 2.56 bits per heavy atom. The summed E-state index contributed by atoms with van der Waals surface area (Å²) < 4.78 is 27.6. The molecule has 0 aliphatic carbocycles. The zero-order valence-corrected chi connectivity index (χ0v) is 19.7. The van der Waals surface area contributed by atoms with Crippen molar-refractivity contribution in [2.45, 2.75) is 68.1 Å². The van der Waals surface area contributed by atoms with E-state index < -0.39 is 61.4 Å².